The number of halogens is 2. The Morgan fingerprint density at radius 2 is 2.05 bits per heavy atom. The third-order valence-electron chi connectivity index (χ3n) is 3.09. The molecule has 2 heterocycles. The van der Waals surface area contributed by atoms with Crippen LogP contribution < -0.4 is 16.9 Å². The van der Waals surface area contributed by atoms with E-state index in [0.717, 1.165) is 12.5 Å². The second-order valence-corrected chi connectivity index (χ2v) is 4.64. The van der Waals surface area contributed by atoms with E-state index in [0.29, 0.717) is 23.0 Å². The van der Waals surface area contributed by atoms with Crippen molar-refractivity contribution in [3.05, 3.63) is 42.9 Å². The van der Waals surface area contributed by atoms with Gasteiger partial charge in [-0.1, -0.05) is 13.3 Å². The Morgan fingerprint density at radius 1 is 1.33 bits per heavy atom. The molecule has 1 N–H and O–H groups in total. The van der Waals surface area contributed by atoms with Crippen molar-refractivity contribution in [2.45, 2.75) is 39.2 Å². The van der Waals surface area contributed by atoms with Gasteiger partial charge in [0.1, 0.15) is 5.39 Å². The van der Waals surface area contributed by atoms with Crippen LogP contribution in [0, 0.1) is 0 Å². The van der Waals surface area contributed by atoms with E-state index in [9.17, 15) is 23.2 Å². The molecule has 0 bridgehead atoms. The highest BCUT2D eigenvalue weighted by molar-refractivity contribution is 5.75. The van der Waals surface area contributed by atoms with E-state index in [1.165, 1.54) is 0 Å². The van der Waals surface area contributed by atoms with Crippen LogP contribution in [0.2, 0.25) is 0 Å². The van der Waals surface area contributed by atoms with Crippen molar-refractivity contribution in [2.24, 2.45) is 0 Å². The van der Waals surface area contributed by atoms with Crippen LogP contribution in [0.1, 0.15) is 25.3 Å². The van der Waals surface area contributed by atoms with E-state index in [-0.39, 0.29) is 11.1 Å². The number of unbranched alkanes of at least 4 members (excludes halogenated alkanes) is 1. The van der Waals surface area contributed by atoms with Gasteiger partial charge < -0.3 is 4.42 Å². The number of H-pyrrole nitrogens is 1. The molecule has 6 nitrogen and oxygen atoms in total. The van der Waals surface area contributed by atoms with Gasteiger partial charge in [-0.15, -0.1) is 0 Å². The molecule has 2 aromatic rings. The summed E-state index contributed by atoms with van der Waals surface area (Å²) in [6.07, 6.45) is -0.868. The van der Waals surface area contributed by atoms with Gasteiger partial charge >= 0.3 is 11.3 Å². The topological polar surface area (TPSA) is 85.1 Å². The molecule has 114 valence electrons. The quantitative estimate of drug-likeness (QED) is 0.900. The highest BCUT2D eigenvalue weighted by atomic mass is 19.3. The summed E-state index contributed by atoms with van der Waals surface area (Å²) in [6, 6.07) is 1.16. The summed E-state index contributed by atoms with van der Waals surface area (Å²) in [5.74, 6) is 0. The van der Waals surface area contributed by atoms with Crippen LogP contribution in [0.5, 0.6) is 0 Å². The SMILES string of the molecule is CCCCc1cc(=O)oc2[nH]c(=O)n(CC(F)F)c(=O)c12. The van der Waals surface area contributed by atoms with Gasteiger partial charge in [0.25, 0.3) is 12.0 Å². The molecule has 0 spiro atoms. The Hall–Kier alpha value is -2.25. The number of fused-ring (bicyclic) bond motifs is 1. The maximum absolute atomic E-state index is 12.5. The monoisotopic (exact) mass is 300 g/mol. The maximum atomic E-state index is 12.5. The molecule has 0 saturated heterocycles. The molecule has 0 aliphatic heterocycles. The molecule has 0 saturated carbocycles. The Morgan fingerprint density at radius 3 is 2.67 bits per heavy atom. The van der Waals surface area contributed by atoms with Crippen LogP contribution >= 0.6 is 0 Å². The zero-order valence-corrected chi connectivity index (χ0v) is 11.3. The number of aromatic amines is 1. The van der Waals surface area contributed by atoms with E-state index >= 15 is 0 Å². The van der Waals surface area contributed by atoms with Crippen LogP contribution in [0.4, 0.5) is 8.78 Å². The normalized spacial score (nSPS) is 11.4. The molecule has 0 radical (unpaired) electrons. The van der Waals surface area contributed by atoms with Crippen molar-refractivity contribution >= 4 is 11.1 Å². The number of hydrogen-bond donors (Lipinski definition) is 1. The summed E-state index contributed by atoms with van der Waals surface area (Å²) >= 11 is 0. The highest BCUT2D eigenvalue weighted by Gasteiger charge is 2.16. The van der Waals surface area contributed by atoms with Crippen molar-refractivity contribution in [2.75, 3.05) is 0 Å². The summed E-state index contributed by atoms with van der Waals surface area (Å²) in [4.78, 5) is 37.5. The van der Waals surface area contributed by atoms with Gasteiger partial charge in [0.2, 0.25) is 5.71 Å². The lowest BCUT2D eigenvalue weighted by molar-refractivity contribution is 0.123. The van der Waals surface area contributed by atoms with Crippen LogP contribution in [-0.4, -0.2) is 16.0 Å². The molecular formula is C13H14F2N2O4. The Balaban J connectivity index is 2.77. The first kappa shape index (κ1) is 15.1. The number of aryl methyl sites for hydroxylation is 1. The fourth-order valence-corrected chi connectivity index (χ4v) is 2.12. The van der Waals surface area contributed by atoms with Gasteiger partial charge in [0.05, 0.1) is 6.54 Å². The second-order valence-electron chi connectivity index (χ2n) is 4.64. The average Bonchev–Trinajstić information content (AvgIpc) is 2.39. The minimum absolute atomic E-state index is 0.0247. The molecule has 0 aromatic carbocycles. The first-order valence-corrected chi connectivity index (χ1v) is 6.52. The van der Waals surface area contributed by atoms with Gasteiger partial charge in [-0.2, -0.15) is 0 Å². The summed E-state index contributed by atoms with van der Waals surface area (Å²) < 4.78 is 30.1. The summed E-state index contributed by atoms with van der Waals surface area (Å²) in [5.41, 5.74) is -2.47. The van der Waals surface area contributed by atoms with E-state index in [1.54, 1.807) is 0 Å². The molecule has 21 heavy (non-hydrogen) atoms. The zero-order chi connectivity index (χ0) is 15.6. The van der Waals surface area contributed by atoms with Gasteiger partial charge in [0, 0.05) is 6.07 Å². The van der Waals surface area contributed by atoms with E-state index < -0.39 is 29.8 Å². The summed E-state index contributed by atoms with van der Waals surface area (Å²) in [5, 5.41) is -0.0247. The first-order chi connectivity index (χ1) is 9.93. The van der Waals surface area contributed by atoms with Crippen LogP contribution in [0.3, 0.4) is 0 Å². The lowest BCUT2D eigenvalue weighted by Crippen LogP contribution is -2.37. The number of nitrogens with one attached hydrogen (secondary N) is 1. The third kappa shape index (κ3) is 3.09. The number of alkyl halides is 2. The number of nitrogens with zero attached hydrogens (tertiary/aromatic N) is 1. The van der Waals surface area contributed by atoms with Gasteiger partial charge in [-0.3, -0.25) is 14.3 Å². The molecule has 2 aromatic heterocycles. The summed E-state index contributed by atoms with van der Waals surface area (Å²) in [6.45, 7) is 0.932. The van der Waals surface area contributed by atoms with E-state index in [4.69, 9.17) is 4.42 Å². The van der Waals surface area contributed by atoms with Crippen LogP contribution in [0.15, 0.2) is 24.9 Å². The second kappa shape index (κ2) is 6.02. The van der Waals surface area contributed by atoms with Crippen molar-refractivity contribution in [1.82, 2.24) is 9.55 Å². The Bertz CT molecular complexity index is 820. The van der Waals surface area contributed by atoms with Crippen molar-refractivity contribution in [3.63, 3.8) is 0 Å². The predicted octanol–water partition coefficient (Wildman–Crippen LogP) is 1.25. The van der Waals surface area contributed by atoms with Crippen LogP contribution in [0.25, 0.3) is 11.1 Å². The van der Waals surface area contributed by atoms with E-state index in [2.05, 4.69) is 4.98 Å². The molecule has 0 fully saturated rings. The number of rotatable bonds is 5. The molecule has 0 amide bonds. The largest absolute Gasteiger partial charge is 0.405 e. The van der Waals surface area contributed by atoms with Gasteiger partial charge in [0.15, 0.2) is 0 Å². The standard InChI is InChI=1S/C13H14F2N2O4/c1-2-3-4-7-5-9(18)21-11-10(7)12(19)17(6-8(14)15)13(20)16-11/h5,8H,2-4,6H2,1H3,(H,16,20). The summed E-state index contributed by atoms with van der Waals surface area (Å²) in [7, 11) is 0. The van der Waals surface area contributed by atoms with E-state index in [1.807, 2.05) is 6.92 Å². The van der Waals surface area contributed by atoms with Crippen molar-refractivity contribution in [3.8, 4) is 0 Å². The molecule has 0 aliphatic rings. The predicted molar refractivity (Wildman–Crippen MR) is 72.0 cm³/mol. The smallest absolute Gasteiger partial charge is 0.337 e. The first-order valence-electron chi connectivity index (χ1n) is 6.52. The molecule has 8 heteroatoms. The lowest BCUT2D eigenvalue weighted by Gasteiger charge is -2.07. The highest BCUT2D eigenvalue weighted by Crippen LogP contribution is 2.12. The lowest BCUT2D eigenvalue weighted by atomic mass is 10.1. The minimum Gasteiger partial charge on any atom is -0.405 e. The van der Waals surface area contributed by atoms with Crippen LogP contribution in [-0.2, 0) is 13.0 Å². The van der Waals surface area contributed by atoms with Gasteiger partial charge in [-0.05, 0) is 18.4 Å². The Kier molecular flexibility index (Phi) is 4.35. The van der Waals surface area contributed by atoms with Crippen molar-refractivity contribution < 1.29 is 13.2 Å². The zero-order valence-electron chi connectivity index (χ0n) is 11.3. The maximum Gasteiger partial charge on any atom is 0.337 e. The molecular weight excluding hydrogens is 286 g/mol. The fourth-order valence-electron chi connectivity index (χ4n) is 2.12. The Labute approximate surface area is 117 Å². The number of aromatic nitrogens is 2. The molecule has 2 rings (SSSR count). The fraction of sp³-hybridized carbons (Fsp3) is 0.462. The number of hydrogen-bond acceptors (Lipinski definition) is 4. The molecule has 0 unspecified atom stereocenters. The molecule has 0 atom stereocenters. The third-order valence-corrected chi connectivity index (χ3v) is 3.09. The molecule has 0 aliphatic carbocycles. The minimum atomic E-state index is -2.84. The van der Waals surface area contributed by atoms with Crippen molar-refractivity contribution in [1.29, 1.82) is 0 Å². The average molecular weight is 300 g/mol. The van der Waals surface area contributed by atoms with Gasteiger partial charge in [-0.25, -0.2) is 18.4 Å².